The van der Waals surface area contributed by atoms with Crippen LogP contribution < -0.4 is 0 Å². The Labute approximate surface area is 141 Å². The standard InChI is InChI=1S/C20H20O4/c21-20(17-9-5-2-6-10-17)24-19(18-11-12-22-14-18)15-23-13-16-7-3-1-4-8-16/h1-12,18-19H,13-15H2. The molecule has 4 heteroatoms. The molecule has 0 fully saturated rings. The summed E-state index contributed by atoms with van der Waals surface area (Å²) < 4.78 is 16.7. The van der Waals surface area contributed by atoms with Crippen LogP contribution in [0, 0.1) is 5.92 Å². The maximum absolute atomic E-state index is 12.3. The third kappa shape index (κ3) is 4.46. The lowest BCUT2D eigenvalue weighted by molar-refractivity contribution is -0.0270. The van der Waals surface area contributed by atoms with Crippen LogP contribution in [0.3, 0.4) is 0 Å². The normalized spacial score (nSPS) is 17.2. The third-order valence-electron chi connectivity index (χ3n) is 3.85. The SMILES string of the molecule is O=C(OC(COCc1ccccc1)C1C=COC1)c1ccccc1. The van der Waals surface area contributed by atoms with Gasteiger partial charge in [-0.15, -0.1) is 0 Å². The van der Waals surface area contributed by atoms with Crippen molar-refractivity contribution in [2.45, 2.75) is 12.7 Å². The number of hydrogen-bond donors (Lipinski definition) is 0. The topological polar surface area (TPSA) is 44.8 Å². The van der Waals surface area contributed by atoms with Gasteiger partial charge in [0.05, 0.1) is 37.6 Å². The summed E-state index contributed by atoms with van der Waals surface area (Å²) in [6.45, 7) is 1.31. The second-order valence-electron chi connectivity index (χ2n) is 5.64. The molecule has 2 aromatic rings. The van der Waals surface area contributed by atoms with Crippen molar-refractivity contribution < 1.29 is 19.0 Å². The minimum Gasteiger partial charge on any atom is -0.501 e. The fourth-order valence-corrected chi connectivity index (χ4v) is 2.50. The van der Waals surface area contributed by atoms with E-state index in [2.05, 4.69) is 0 Å². The zero-order valence-corrected chi connectivity index (χ0v) is 13.3. The Morgan fingerprint density at radius 3 is 2.46 bits per heavy atom. The minimum absolute atomic E-state index is 0.00781. The van der Waals surface area contributed by atoms with Crippen LogP contribution in [0.15, 0.2) is 73.0 Å². The quantitative estimate of drug-likeness (QED) is 0.730. The number of esters is 1. The van der Waals surface area contributed by atoms with Crippen LogP contribution in [0.2, 0.25) is 0 Å². The van der Waals surface area contributed by atoms with Crippen molar-refractivity contribution in [2.24, 2.45) is 5.92 Å². The van der Waals surface area contributed by atoms with Gasteiger partial charge in [0.15, 0.2) is 0 Å². The maximum Gasteiger partial charge on any atom is 0.338 e. The molecule has 0 saturated heterocycles. The molecule has 0 spiro atoms. The van der Waals surface area contributed by atoms with Gasteiger partial charge in [-0.3, -0.25) is 0 Å². The molecule has 1 heterocycles. The van der Waals surface area contributed by atoms with E-state index in [-0.39, 0.29) is 18.0 Å². The molecule has 0 bridgehead atoms. The lowest BCUT2D eigenvalue weighted by atomic mass is 10.1. The van der Waals surface area contributed by atoms with Gasteiger partial charge in [0, 0.05) is 0 Å². The largest absolute Gasteiger partial charge is 0.501 e. The van der Waals surface area contributed by atoms with Crippen LogP contribution in [0.25, 0.3) is 0 Å². The van der Waals surface area contributed by atoms with Gasteiger partial charge in [0.1, 0.15) is 6.10 Å². The molecule has 1 aliphatic rings. The van der Waals surface area contributed by atoms with Gasteiger partial charge in [-0.1, -0.05) is 48.5 Å². The van der Waals surface area contributed by atoms with Crippen LogP contribution in [0.1, 0.15) is 15.9 Å². The monoisotopic (exact) mass is 324 g/mol. The molecule has 2 unspecified atom stereocenters. The van der Waals surface area contributed by atoms with Crippen molar-refractivity contribution in [3.05, 3.63) is 84.1 Å². The maximum atomic E-state index is 12.3. The fraction of sp³-hybridized carbons (Fsp3) is 0.250. The van der Waals surface area contributed by atoms with Crippen LogP contribution in [0.4, 0.5) is 0 Å². The van der Waals surface area contributed by atoms with Gasteiger partial charge >= 0.3 is 5.97 Å². The molecule has 2 atom stereocenters. The predicted octanol–water partition coefficient (Wildman–Crippen LogP) is 3.59. The van der Waals surface area contributed by atoms with Crippen LogP contribution in [0.5, 0.6) is 0 Å². The molecule has 0 saturated carbocycles. The Kier molecular flexibility index (Phi) is 5.64. The molecule has 1 aliphatic heterocycles. The Bertz CT molecular complexity index is 667. The van der Waals surface area contributed by atoms with E-state index in [0.717, 1.165) is 5.56 Å². The zero-order chi connectivity index (χ0) is 16.6. The molecular formula is C20H20O4. The first-order valence-corrected chi connectivity index (χ1v) is 7.99. The highest BCUT2D eigenvalue weighted by Crippen LogP contribution is 2.19. The van der Waals surface area contributed by atoms with Crippen LogP contribution >= 0.6 is 0 Å². The second kappa shape index (κ2) is 8.31. The Morgan fingerprint density at radius 1 is 1.08 bits per heavy atom. The highest BCUT2D eigenvalue weighted by atomic mass is 16.6. The number of rotatable bonds is 7. The zero-order valence-electron chi connectivity index (χ0n) is 13.3. The van der Waals surface area contributed by atoms with E-state index in [0.29, 0.717) is 25.4 Å². The molecule has 3 rings (SSSR count). The molecule has 24 heavy (non-hydrogen) atoms. The van der Waals surface area contributed by atoms with Gasteiger partial charge in [0.25, 0.3) is 0 Å². The second-order valence-corrected chi connectivity index (χ2v) is 5.64. The molecule has 0 N–H and O–H groups in total. The van der Waals surface area contributed by atoms with Crippen molar-refractivity contribution >= 4 is 5.97 Å². The van der Waals surface area contributed by atoms with E-state index in [1.54, 1.807) is 18.4 Å². The number of ether oxygens (including phenoxy) is 3. The predicted molar refractivity (Wildman–Crippen MR) is 90.3 cm³/mol. The first kappa shape index (κ1) is 16.3. The van der Waals surface area contributed by atoms with Gasteiger partial charge in [-0.25, -0.2) is 4.79 Å². The summed E-state index contributed by atoms with van der Waals surface area (Å²) in [6, 6.07) is 18.9. The van der Waals surface area contributed by atoms with Crippen molar-refractivity contribution in [1.29, 1.82) is 0 Å². The van der Waals surface area contributed by atoms with Crippen molar-refractivity contribution in [3.63, 3.8) is 0 Å². The first-order valence-electron chi connectivity index (χ1n) is 7.99. The van der Waals surface area contributed by atoms with E-state index >= 15 is 0 Å². The minimum atomic E-state index is -0.375. The summed E-state index contributed by atoms with van der Waals surface area (Å²) in [5.74, 6) is -0.336. The average Bonchev–Trinajstić information content (AvgIpc) is 3.17. The molecular weight excluding hydrogens is 304 g/mol. The van der Waals surface area contributed by atoms with Crippen LogP contribution in [-0.4, -0.2) is 25.3 Å². The number of benzene rings is 2. The lowest BCUT2D eigenvalue weighted by Gasteiger charge is -2.22. The highest BCUT2D eigenvalue weighted by molar-refractivity contribution is 5.89. The van der Waals surface area contributed by atoms with Crippen molar-refractivity contribution in [3.8, 4) is 0 Å². The molecule has 2 aromatic carbocycles. The van der Waals surface area contributed by atoms with E-state index in [1.165, 1.54) is 0 Å². The molecule has 0 aromatic heterocycles. The summed E-state index contributed by atoms with van der Waals surface area (Å²) in [5, 5.41) is 0. The summed E-state index contributed by atoms with van der Waals surface area (Å²) in [5.41, 5.74) is 1.62. The van der Waals surface area contributed by atoms with Crippen molar-refractivity contribution in [1.82, 2.24) is 0 Å². The Balaban J connectivity index is 1.59. The Hall–Kier alpha value is -2.59. The summed E-state index contributed by atoms with van der Waals surface area (Å²) in [7, 11) is 0. The number of carbonyl (C=O) groups is 1. The van der Waals surface area contributed by atoms with Crippen LogP contribution in [-0.2, 0) is 20.8 Å². The van der Waals surface area contributed by atoms with E-state index < -0.39 is 0 Å². The number of hydrogen-bond acceptors (Lipinski definition) is 4. The van der Waals surface area contributed by atoms with Gasteiger partial charge in [-0.05, 0) is 23.8 Å². The molecule has 4 nitrogen and oxygen atoms in total. The lowest BCUT2D eigenvalue weighted by Crippen LogP contribution is -2.31. The first-order chi connectivity index (χ1) is 11.8. The molecule has 124 valence electrons. The summed E-state index contributed by atoms with van der Waals surface area (Å²) >= 11 is 0. The van der Waals surface area contributed by atoms with E-state index in [9.17, 15) is 4.79 Å². The molecule has 0 amide bonds. The molecule has 0 radical (unpaired) electrons. The van der Waals surface area contributed by atoms with Gasteiger partial charge in [0.2, 0.25) is 0 Å². The molecule has 0 aliphatic carbocycles. The highest BCUT2D eigenvalue weighted by Gasteiger charge is 2.27. The summed E-state index contributed by atoms with van der Waals surface area (Å²) in [4.78, 5) is 12.3. The summed E-state index contributed by atoms with van der Waals surface area (Å²) in [6.07, 6.45) is 3.18. The fourth-order valence-electron chi connectivity index (χ4n) is 2.50. The van der Waals surface area contributed by atoms with Gasteiger partial charge < -0.3 is 14.2 Å². The smallest absolute Gasteiger partial charge is 0.338 e. The van der Waals surface area contributed by atoms with E-state index in [4.69, 9.17) is 14.2 Å². The van der Waals surface area contributed by atoms with Crippen molar-refractivity contribution in [2.75, 3.05) is 13.2 Å². The third-order valence-corrected chi connectivity index (χ3v) is 3.85. The number of carbonyl (C=O) groups excluding carboxylic acids is 1. The van der Waals surface area contributed by atoms with Gasteiger partial charge in [-0.2, -0.15) is 0 Å². The average molecular weight is 324 g/mol. The van der Waals surface area contributed by atoms with E-state index in [1.807, 2.05) is 54.6 Å². The Morgan fingerprint density at radius 2 is 1.79 bits per heavy atom.